The summed E-state index contributed by atoms with van der Waals surface area (Å²) in [6.45, 7) is 16.8. The van der Waals surface area contributed by atoms with Crippen molar-refractivity contribution in [3.63, 3.8) is 0 Å². The Morgan fingerprint density at radius 1 is 0.978 bits per heavy atom. The van der Waals surface area contributed by atoms with Gasteiger partial charge in [0.1, 0.15) is 12.3 Å². The molecule has 1 aromatic carbocycles. The minimum absolute atomic E-state index is 0.0226. The second kappa shape index (κ2) is 14.1. The van der Waals surface area contributed by atoms with Crippen LogP contribution in [0.5, 0.6) is 0 Å². The molecule has 3 aliphatic rings. The van der Waals surface area contributed by atoms with Crippen LogP contribution in [-0.2, 0) is 26.1 Å². The summed E-state index contributed by atoms with van der Waals surface area (Å²) in [5.74, 6) is 0.575. The lowest BCUT2D eigenvalue weighted by atomic mass is 9.83. The summed E-state index contributed by atoms with van der Waals surface area (Å²) in [4.78, 5) is 44.2. The summed E-state index contributed by atoms with van der Waals surface area (Å²) < 4.78 is 13.2. The first-order valence-electron chi connectivity index (χ1n) is 17.3. The average Bonchev–Trinajstić information content (AvgIpc) is 3.31. The first-order valence-corrected chi connectivity index (χ1v) is 21.0. The van der Waals surface area contributed by atoms with Gasteiger partial charge < -0.3 is 19.3 Å². The molecule has 3 amide bonds. The van der Waals surface area contributed by atoms with E-state index in [0.717, 1.165) is 61.7 Å². The van der Waals surface area contributed by atoms with Gasteiger partial charge >= 0.3 is 6.09 Å². The summed E-state index contributed by atoms with van der Waals surface area (Å²) in [7, 11) is 0.679. The highest BCUT2D eigenvalue weighted by atomic mass is 28.3. The van der Waals surface area contributed by atoms with Crippen LogP contribution in [0.4, 0.5) is 10.5 Å². The van der Waals surface area contributed by atoms with Crippen molar-refractivity contribution < 1.29 is 23.9 Å². The maximum atomic E-state index is 13.5. The Bertz CT molecular complexity index is 1400. The molecule has 3 saturated heterocycles. The number of imide groups is 1. The summed E-state index contributed by atoms with van der Waals surface area (Å²) >= 11 is 0. The quantitative estimate of drug-likeness (QED) is 0.176. The molecule has 10 nitrogen and oxygen atoms in total. The van der Waals surface area contributed by atoms with Crippen molar-refractivity contribution in [2.75, 3.05) is 44.4 Å². The number of benzene rings is 1. The molecule has 11 heteroatoms. The van der Waals surface area contributed by atoms with Crippen LogP contribution in [0.3, 0.4) is 0 Å². The molecule has 0 saturated carbocycles. The van der Waals surface area contributed by atoms with Gasteiger partial charge in [0.15, 0.2) is 0 Å². The first kappa shape index (κ1) is 34.4. The molecule has 0 spiro atoms. The van der Waals surface area contributed by atoms with Gasteiger partial charge in [0.2, 0.25) is 11.8 Å². The number of hydrogen-bond acceptors (Lipinski definition) is 7. The Morgan fingerprint density at radius 3 is 2.26 bits per heavy atom. The van der Waals surface area contributed by atoms with E-state index in [4.69, 9.17) is 14.6 Å². The molecule has 1 unspecified atom stereocenters. The first-order chi connectivity index (χ1) is 21.7. The van der Waals surface area contributed by atoms with Crippen LogP contribution in [0.25, 0.3) is 10.9 Å². The maximum Gasteiger partial charge on any atom is 0.410 e. The van der Waals surface area contributed by atoms with E-state index in [2.05, 4.69) is 42.7 Å². The number of piperidine rings is 3. The molecule has 1 aromatic heterocycles. The zero-order valence-corrected chi connectivity index (χ0v) is 30.1. The Hall–Kier alpha value is -2.92. The standard InChI is InChI=1S/C35H55N5O5Si/c1-35(2,3)45-34(43)39-18-14-26(15-19-39)22-25-12-16-38(17-13-25)27-8-9-28-30(23-27)37(4)36-32(28)29-10-11-31(41)40(33(29)42)24-44-20-21-46(5,6)7/h8-9,23,25-26,29H,10-22,24H2,1-7H3. The van der Waals surface area contributed by atoms with Crippen molar-refractivity contribution in [3.05, 3.63) is 23.9 Å². The van der Waals surface area contributed by atoms with Crippen LogP contribution in [-0.4, -0.2) is 90.7 Å². The van der Waals surface area contributed by atoms with Gasteiger partial charge in [-0.3, -0.25) is 19.2 Å². The van der Waals surface area contributed by atoms with Crippen LogP contribution in [0.15, 0.2) is 18.2 Å². The van der Waals surface area contributed by atoms with E-state index < -0.39 is 19.6 Å². The Balaban J connectivity index is 1.15. The third-order valence-electron chi connectivity index (χ3n) is 9.84. The van der Waals surface area contributed by atoms with E-state index >= 15 is 0 Å². The van der Waals surface area contributed by atoms with Crippen molar-refractivity contribution in [2.24, 2.45) is 18.9 Å². The molecule has 0 bridgehead atoms. The molecule has 0 radical (unpaired) electrons. The largest absolute Gasteiger partial charge is 0.444 e. The van der Waals surface area contributed by atoms with Crippen LogP contribution in [0, 0.1) is 11.8 Å². The number of nitrogens with zero attached hydrogens (tertiary/aromatic N) is 5. The number of aryl methyl sites for hydroxylation is 1. The minimum Gasteiger partial charge on any atom is -0.444 e. The highest BCUT2D eigenvalue weighted by Crippen LogP contribution is 2.36. The summed E-state index contributed by atoms with van der Waals surface area (Å²) in [6.07, 6.45) is 6.30. The molecule has 0 aliphatic carbocycles. The van der Waals surface area contributed by atoms with Gasteiger partial charge in [-0.15, -0.1) is 0 Å². The summed E-state index contributed by atoms with van der Waals surface area (Å²) in [5.41, 5.74) is 2.50. The molecular weight excluding hydrogens is 599 g/mol. The highest BCUT2D eigenvalue weighted by molar-refractivity contribution is 6.76. The number of anilines is 1. The van der Waals surface area contributed by atoms with Crippen molar-refractivity contribution in [3.8, 4) is 0 Å². The molecule has 3 fully saturated rings. The van der Waals surface area contributed by atoms with Gasteiger partial charge in [-0.05, 0) is 95.4 Å². The number of ether oxygens (including phenoxy) is 2. The molecule has 3 aliphatic heterocycles. The average molecular weight is 654 g/mol. The van der Waals surface area contributed by atoms with E-state index in [1.54, 1.807) is 0 Å². The SMILES string of the molecule is Cn1nc(C2CCC(=O)N(COCC[Si](C)(C)C)C2=O)c2ccc(N3CCC(CC4CCN(C(=O)OC(C)(C)C)CC4)CC3)cc21. The summed E-state index contributed by atoms with van der Waals surface area (Å²) in [5, 5.41) is 5.80. The number of aromatic nitrogens is 2. The number of fused-ring (bicyclic) bond motifs is 1. The number of carbonyl (C=O) groups excluding carboxylic acids is 3. The predicted octanol–water partition coefficient (Wildman–Crippen LogP) is 6.37. The normalized spacial score (nSPS) is 21.0. The third-order valence-corrected chi connectivity index (χ3v) is 11.5. The maximum absolute atomic E-state index is 13.5. The van der Waals surface area contributed by atoms with E-state index in [0.29, 0.717) is 31.3 Å². The second-order valence-corrected chi connectivity index (χ2v) is 21.5. The van der Waals surface area contributed by atoms with Crippen molar-refractivity contribution in [1.29, 1.82) is 0 Å². The fourth-order valence-corrected chi connectivity index (χ4v) is 7.82. The van der Waals surface area contributed by atoms with Crippen molar-refractivity contribution in [2.45, 2.75) is 103 Å². The molecule has 4 heterocycles. The van der Waals surface area contributed by atoms with E-state index in [1.807, 2.05) is 37.4 Å². The Kier molecular flexibility index (Phi) is 10.5. The fourth-order valence-electron chi connectivity index (χ4n) is 7.06. The smallest absolute Gasteiger partial charge is 0.410 e. The van der Waals surface area contributed by atoms with Gasteiger partial charge in [0.25, 0.3) is 0 Å². The lowest BCUT2D eigenvalue weighted by Crippen LogP contribution is -2.45. The molecular formula is C35H55N5O5Si. The van der Waals surface area contributed by atoms with Crippen LogP contribution >= 0.6 is 0 Å². The van der Waals surface area contributed by atoms with Gasteiger partial charge in [-0.1, -0.05) is 19.6 Å². The van der Waals surface area contributed by atoms with Crippen molar-refractivity contribution >= 4 is 42.6 Å². The van der Waals surface area contributed by atoms with E-state index in [9.17, 15) is 14.4 Å². The van der Waals surface area contributed by atoms with Crippen LogP contribution in [0.2, 0.25) is 25.7 Å². The van der Waals surface area contributed by atoms with Gasteiger partial charge in [-0.25, -0.2) is 4.79 Å². The number of hydrogen-bond donors (Lipinski definition) is 0. The zero-order valence-electron chi connectivity index (χ0n) is 29.1. The number of amides is 3. The number of carbonyl (C=O) groups is 3. The predicted molar refractivity (Wildman–Crippen MR) is 184 cm³/mol. The van der Waals surface area contributed by atoms with Gasteiger partial charge in [0, 0.05) is 65.4 Å². The summed E-state index contributed by atoms with van der Waals surface area (Å²) in [6, 6.07) is 7.47. The molecule has 2 aromatic rings. The zero-order chi connectivity index (χ0) is 33.2. The van der Waals surface area contributed by atoms with E-state index in [1.165, 1.54) is 29.8 Å². The molecule has 254 valence electrons. The van der Waals surface area contributed by atoms with Gasteiger partial charge in [0.05, 0.1) is 17.1 Å². The third kappa shape index (κ3) is 8.50. The van der Waals surface area contributed by atoms with Crippen LogP contribution in [0.1, 0.15) is 77.3 Å². The Morgan fingerprint density at radius 2 is 1.63 bits per heavy atom. The monoisotopic (exact) mass is 653 g/mol. The van der Waals surface area contributed by atoms with E-state index in [-0.39, 0.29) is 24.6 Å². The second-order valence-electron chi connectivity index (χ2n) is 15.9. The molecule has 46 heavy (non-hydrogen) atoms. The van der Waals surface area contributed by atoms with Crippen LogP contribution < -0.4 is 4.90 Å². The Labute approximate surface area is 275 Å². The number of likely N-dealkylation sites (tertiary alicyclic amines) is 2. The lowest BCUT2D eigenvalue weighted by Gasteiger charge is -2.37. The fraction of sp³-hybridized carbons (Fsp3) is 0.714. The lowest BCUT2D eigenvalue weighted by molar-refractivity contribution is -0.155. The minimum atomic E-state index is -1.26. The topological polar surface area (TPSA) is 97.2 Å². The molecule has 1 atom stereocenters. The highest BCUT2D eigenvalue weighted by Gasteiger charge is 2.38. The molecule has 0 N–H and O–H groups in total. The molecule has 5 rings (SSSR count). The van der Waals surface area contributed by atoms with Crippen molar-refractivity contribution in [1.82, 2.24) is 19.6 Å². The van der Waals surface area contributed by atoms with Gasteiger partial charge in [-0.2, -0.15) is 5.10 Å². The number of rotatable bonds is 9.